The van der Waals surface area contributed by atoms with Gasteiger partial charge in [-0.25, -0.2) is 0 Å². The quantitative estimate of drug-likeness (QED) is 0.627. The highest BCUT2D eigenvalue weighted by Gasteiger charge is 2.34. The molecule has 2 aliphatic carbocycles. The van der Waals surface area contributed by atoms with Gasteiger partial charge in [-0.3, -0.25) is 0 Å². The zero-order chi connectivity index (χ0) is 11.7. The summed E-state index contributed by atoms with van der Waals surface area (Å²) in [7, 11) is 0. The lowest BCUT2D eigenvalue weighted by atomic mass is 9.68. The van der Waals surface area contributed by atoms with E-state index in [1.807, 2.05) is 0 Å². The summed E-state index contributed by atoms with van der Waals surface area (Å²) in [5.41, 5.74) is 18.2. The van der Waals surface area contributed by atoms with E-state index < -0.39 is 0 Å². The van der Waals surface area contributed by atoms with Gasteiger partial charge in [0.2, 0.25) is 0 Å². The van der Waals surface area contributed by atoms with E-state index >= 15 is 0 Å². The molecule has 0 bridgehead atoms. The maximum atomic E-state index is 6.18. The standard InChI is InChI=1S/C13H27N3/c1-8-2-3-9(6-12(8)15)10-4-5-11(14)13(16)7-10/h8-13H,2-7,14-16H2,1H3. The summed E-state index contributed by atoms with van der Waals surface area (Å²) in [6, 6.07) is 0.854. The highest BCUT2D eigenvalue weighted by molar-refractivity contribution is 4.91. The number of hydrogen-bond acceptors (Lipinski definition) is 3. The van der Waals surface area contributed by atoms with Crippen molar-refractivity contribution < 1.29 is 0 Å². The van der Waals surface area contributed by atoms with Gasteiger partial charge in [0, 0.05) is 18.1 Å². The summed E-state index contributed by atoms with van der Waals surface area (Å²) < 4.78 is 0. The molecule has 6 atom stereocenters. The van der Waals surface area contributed by atoms with Gasteiger partial charge in [0.1, 0.15) is 0 Å². The van der Waals surface area contributed by atoms with Gasteiger partial charge in [0.15, 0.2) is 0 Å². The van der Waals surface area contributed by atoms with Crippen LogP contribution in [0.2, 0.25) is 0 Å². The normalized spacial score (nSPS) is 50.2. The Balaban J connectivity index is 1.88. The molecule has 6 N–H and O–H groups in total. The van der Waals surface area contributed by atoms with Crippen molar-refractivity contribution in [2.75, 3.05) is 0 Å². The van der Waals surface area contributed by atoms with E-state index in [1.54, 1.807) is 0 Å². The topological polar surface area (TPSA) is 78.1 Å². The molecule has 2 fully saturated rings. The van der Waals surface area contributed by atoms with Crippen LogP contribution < -0.4 is 17.2 Å². The van der Waals surface area contributed by atoms with E-state index in [4.69, 9.17) is 17.2 Å². The molecule has 3 nitrogen and oxygen atoms in total. The molecule has 2 saturated carbocycles. The zero-order valence-corrected chi connectivity index (χ0v) is 10.4. The summed E-state index contributed by atoms with van der Waals surface area (Å²) in [5, 5.41) is 0. The van der Waals surface area contributed by atoms with Crippen molar-refractivity contribution in [1.29, 1.82) is 0 Å². The number of rotatable bonds is 1. The Hall–Kier alpha value is -0.120. The smallest absolute Gasteiger partial charge is 0.0195 e. The third kappa shape index (κ3) is 2.58. The lowest BCUT2D eigenvalue weighted by Gasteiger charge is -2.41. The molecule has 0 heterocycles. The fraction of sp³-hybridized carbons (Fsp3) is 1.00. The van der Waals surface area contributed by atoms with Crippen molar-refractivity contribution in [3.8, 4) is 0 Å². The monoisotopic (exact) mass is 225 g/mol. The van der Waals surface area contributed by atoms with Crippen LogP contribution in [0, 0.1) is 17.8 Å². The molecule has 0 aromatic heterocycles. The fourth-order valence-corrected chi connectivity index (χ4v) is 3.51. The first kappa shape index (κ1) is 12.3. The third-order valence-electron chi connectivity index (χ3n) is 4.96. The largest absolute Gasteiger partial charge is 0.327 e. The molecule has 2 aliphatic rings. The van der Waals surface area contributed by atoms with E-state index in [-0.39, 0.29) is 12.1 Å². The average molecular weight is 225 g/mol. The van der Waals surface area contributed by atoms with E-state index in [0.29, 0.717) is 12.0 Å². The molecule has 16 heavy (non-hydrogen) atoms. The Kier molecular flexibility index (Phi) is 3.88. The van der Waals surface area contributed by atoms with Crippen molar-refractivity contribution in [2.45, 2.75) is 63.6 Å². The Morgan fingerprint density at radius 3 is 1.81 bits per heavy atom. The number of nitrogens with two attached hydrogens (primary N) is 3. The third-order valence-corrected chi connectivity index (χ3v) is 4.96. The Morgan fingerprint density at radius 2 is 1.25 bits per heavy atom. The second-order valence-corrected chi connectivity index (χ2v) is 6.12. The van der Waals surface area contributed by atoms with Crippen molar-refractivity contribution in [3.05, 3.63) is 0 Å². The van der Waals surface area contributed by atoms with Crippen LogP contribution >= 0.6 is 0 Å². The van der Waals surface area contributed by atoms with Gasteiger partial charge in [-0.1, -0.05) is 6.92 Å². The molecule has 0 spiro atoms. The maximum absolute atomic E-state index is 6.18. The van der Waals surface area contributed by atoms with Crippen LogP contribution in [0.1, 0.15) is 45.4 Å². The maximum Gasteiger partial charge on any atom is 0.0195 e. The summed E-state index contributed by atoms with van der Waals surface area (Å²) in [6.07, 6.45) is 7.33. The highest BCUT2D eigenvalue weighted by atomic mass is 14.8. The van der Waals surface area contributed by atoms with Crippen molar-refractivity contribution >= 4 is 0 Å². The predicted molar refractivity (Wildman–Crippen MR) is 67.8 cm³/mol. The lowest BCUT2D eigenvalue weighted by Crippen LogP contribution is -2.48. The second-order valence-electron chi connectivity index (χ2n) is 6.12. The van der Waals surface area contributed by atoms with E-state index in [9.17, 15) is 0 Å². The van der Waals surface area contributed by atoms with Crippen molar-refractivity contribution in [3.63, 3.8) is 0 Å². The molecule has 0 radical (unpaired) electrons. The van der Waals surface area contributed by atoms with Crippen LogP contribution in [0.3, 0.4) is 0 Å². The lowest BCUT2D eigenvalue weighted by molar-refractivity contribution is 0.140. The SMILES string of the molecule is CC1CCC(C2CCC(N)C(N)C2)CC1N. The molecule has 6 unspecified atom stereocenters. The van der Waals surface area contributed by atoms with Crippen LogP contribution in [0.15, 0.2) is 0 Å². The van der Waals surface area contributed by atoms with Crippen LogP contribution in [-0.4, -0.2) is 18.1 Å². The van der Waals surface area contributed by atoms with E-state index in [2.05, 4.69) is 6.92 Å². The molecule has 0 aromatic rings. The van der Waals surface area contributed by atoms with Gasteiger partial charge in [-0.05, 0) is 56.3 Å². The van der Waals surface area contributed by atoms with Gasteiger partial charge in [0.25, 0.3) is 0 Å². The molecule has 2 rings (SSSR count). The molecule has 3 heteroatoms. The molecule has 0 saturated heterocycles. The van der Waals surface area contributed by atoms with Gasteiger partial charge >= 0.3 is 0 Å². The Bertz CT molecular complexity index is 207. The molecular weight excluding hydrogens is 198 g/mol. The highest BCUT2D eigenvalue weighted by Crippen LogP contribution is 2.38. The minimum absolute atomic E-state index is 0.217. The minimum Gasteiger partial charge on any atom is -0.327 e. The Labute approximate surface area is 99.1 Å². The van der Waals surface area contributed by atoms with E-state index in [1.165, 1.54) is 25.7 Å². The van der Waals surface area contributed by atoms with Gasteiger partial charge in [-0.2, -0.15) is 0 Å². The minimum atomic E-state index is 0.217. The van der Waals surface area contributed by atoms with Gasteiger partial charge < -0.3 is 17.2 Å². The van der Waals surface area contributed by atoms with Crippen LogP contribution in [0.25, 0.3) is 0 Å². The molecule has 0 aromatic carbocycles. The first-order valence-corrected chi connectivity index (χ1v) is 6.84. The number of hydrogen-bond donors (Lipinski definition) is 3. The van der Waals surface area contributed by atoms with Crippen LogP contribution in [0.4, 0.5) is 0 Å². The zero-order valence-electron chi connectivity index (χ0n) is 10.4. The molecule has 94 valence electrons. The van der Waals surface area contributed by atoms with E-state index in [0.717, 1.165) is 24.7 Å². The summed E-state index contributed by atoms with van der Waals surface area (Å²) in [5.74, 6) is 2.30. The van der Waals surface area contributed by atoms with Crippen molar-refractivity contribution in [1.82, 2.24) is 0 Å². The van der Waals surface area contributed by atoms with Gasteiger partial charge in [-0.15, -0.1) is 0 Å². The first-order chi connectivity index (χ1) is 7.58. The average Bonchev–Trinajstić information content (AvgIpc) is 2.26. The van der Waals surface area contributed by atoms with Crippen molar-refractivity contribution in [2.24, 2.45) is 35.0 Å². The first-order valence-electron chi connectivity index (χ1n) is 6.84. The molecule has 0 aliphatic heterocycles. The van der Waals surface area contributed by atoms with Gasteiger partial charge in [0.05, 0.1) is 0 Å². The van der Waals surface area contributed by atoms with Crippen LogP contribution in [-0.2, 0) is 0 Å². The van der Waals surface area contributed by atoms with Crippen LogP contribution in [0.5, 0.6) is 0 Å². The summed E-state index contributed by atoms with van der Waals surface area (Å²) >= 11 is 0. The molecule has 0 amide bonds. The Morgan fingerprint density at radius 1 is 0.688 bits per heavy atom. The predicted octanol–water partition coefficient (Wildman–Crippen LogP) is 1.20. The second kappa shape index (κ2) is 5.03. The summed E-state index contributed by atoms with van der Waals surface area (Å²) in [6.45, 7) is 2.28. The summed E-state index contributed by atoms with van der Waals surface area (Å²) in [4.78, 5) is 0. The molecular formula is C13H27N3. The fourth-order valence-electron chi connectivity index (χ4n) is 3.51.